The first kappa shape index (κ1) is 16.8. The Morgan fingerprint density at radius 2 is 1.80 bits per heavy atom. The number of aromatic hydroxyl groups is 1. The number of nitrogens with one attached hydrogen (secondary N) is 1. The van der Waals surface area contributed by atoms with Crippen LogP contribution in [0.1, 0.15) is 30.4 Å². The van der Waals surface area contributed by atoms with Gasteiger partial charge in [0.05, 0.1) is 24.1 Å². The van der Waals surface area contributed by atoms with Crippen LogP contribution in [0.4, 0.5) is 0 Å². The molecule has 0 bridgehead atoms. The Hall–Kier alpha value is -3.08. The summed E-state index contributed by atoms with van der Waals surface area (Å²) in [5.74, 6) is -1.10. The number of esters is 1. The molecule has 0 saturated carbocycles. The van der Waals surface area contributed by atoms with Gasteiger partial charge in [-0.3, -0.25) is 9.59 Å². The molecule has 3 rings (SSSR count). The van der Waals surface area contributed by atoms with Crippen LogP contribution >= 0.6 is 0 Å². The van der Waals surface area contributed by atoms with Crippen molar-refractivity contribution in [1.29, 1.82) is 0 Å². The van der Waals surface area contributed by atoms with Crippen LogP contribution in [0, 0.1) is 0 Å². The van der Waals surface area contributed by atoms with E-state index in [0.717, 1.165) is 5.56 Å². The van der Waals surface area contributed by atoms with Crippen molar-refractivity contribution in [3.8, 4) is 5.75 Å². The first-order chi connectivity index (χ1) is 12.1. The molecular weight excluding hydrogens is 318 g/mol. The molecule has 2 N–H and O–H groups in total. The van der Waals surface area contributed by atoms with Crippen LogP contribution in [-0.2, 0) is 9.53 Å². The number of hydrogen-bond acceptors (Lipinski definition) is 4. The molecule has 0 unspecified atom stereocenters. The van der Waals surface area contributed by atoms with Crippen molar-refractivity contribution in [2.45, 2.75) is 19.3 Å². The molecule has 0 fully saturated rings. The lowest BCUT2D eigenvalue weighted by molar-refractivity contribution is -0.143. The first-order valence-electron chi connectivity index (χ1n) is 8.16. The third-order valence-corrected chi connectivity index (χ3v) is 4.16. The molecule has 0 saturated heterocycles. The Morgan fingerprint density at radius 3 is 2.52 bits per heavy atom. The Morgan fingerprint density at radius 1 is 1.12 bits per heavy atom. The zero-order valence-electron chi connectivity index (χ0n) is 13.9. The minimum Gasteiger partial charge on any atom is -0.507 e. The minimum absolute atomic E-state index is 0.0210. The number of ether oxygens (including phenoxy) is 1. The molecule has 0 aliphatic rings. The molecule has 2 aromatic carbocycles. The van der Waals surface area contributed by atoms with Crippen molar-refractivity contribution in [1.82, 2.24) is 4.98 Å². The number of para-hydroxylation sites is 1. The largest absolute Gasteiger partial charge is 0.507 e. The van der Waals surface area contributed by atoms with Crippen molar-refractivity contribution in [2.24, 2.45) is 0 Å². The highest BCUT2D eigenvalue weighted by Gasteiger charge is 2.26. The van der Waals surface area contributed by atoms with Gasteiger partial charge in [0.1, 0.15) is 5.75 Å². The summed E-state index contributed by atoms with van der Waals surface area (Å²) in [6, 6.07) is 16.2. The molecule has 5 heteroatoms. The number of aromatic amines is 1. The number of rotatable bonds is 5. The van der Waals surface area contributed by atoms with Crippen LogP contribution in [-0.4, -0.2) is 22.7 Å². The van der Waals surface area contributed by atoms with Gasteiger partial charge in [0.2, 0.25) is 0 Å². The number of carbonyl (C=O) groups excluding carboxylic acids is 1. The number of pyridine rings is 1. The van der Waals surface area contributed by atoms with E-state index in [9.17, 15) is 14.7 Å². The van der Waals surface area contributed by atoms with E-state index in [1.165, 1.54) is 0 Å². The SMILES string of the molecule is CCOC(=O)C[C@@H](c1ccccc1)c1c(O)c2ccccc2[nH]c1=O. The first-order valence-corrected chi connectivity index (χ1v) is 8.16. The van der Waals surface area contributed by atoms with E-state index in [2.05, 4.69) is 4.98 Å². The van der Waals surface area contributed by atoms with Gasteiger partial charge in [-0.25, -0.2) is 0 Å². The average molecular weight is 337 g/mol. The van der Waals surface area contributed by atoms with Crippen LogP contribution in [0.15, 0.2) is 59.4 Å². The highest BCUT2D eigenvalue weighted by atomic mass is 16.5. The number of benzene rings is 2. The maximum atomic E-state index is 12.6. The van der Waals surface area contributed by atoms with Crippen molar-refractivity contribution < 1.29 is 14.6 Å². The zero-order valence-corrected chi connectivity index (χ0v) is 13.9. The van der Waals surface area contributed by atoms with Gasteiger partial charge in [0.25, 0.3) is 5.56 Å². The fourth-order valence-electron chi connectivity index (χ4n) is 3.02. The fraction of sp³-hybridized carbons (Fsp3) is 0.200. The Kier molecular flexibility index (Phi) is 4.84. The number of fused-ring (bicyclic) bond motifs is 1. The quantitative estimate of drug-likeness (QED) is 0.700. The molecule has 1 aromatic heterocycles. The normalized spacial score (nSPS) is 12.0. The smallest absolute Gasteiger partial charge is 0.306 e. The summed E-state index contributed by atoms with van der Waals surface area (Å²) < 4.78 is 5.05. The highest BCUT2D eigenvalue weighted by molar-refractivity contribution is 5.86. The topological polar surface area (TPSA) is 79.4 Å². The molecule has 25 heavy (non-hydrogen) atoms. The number of H-pyrrole nitrogens is 1. The van der Waals surface area contributed by atoms with Crippen LogP contribution < -0.4 is 5.56 Å². The lowest BCUT2D eigenvalue weighted by atomic mass is 9.88. The van der Waals surface area contributed by atoms with Crippen LogP contribution in [0.5, 0.6) is 5.75 Å². The maximum absolute atomic E-state index is 12.6. The molecule has 0 radical (unpaired) electrons. The van der Waals surface area contributed by atoms with Gasteiger partial charge in [0.15, 0.2) is 0 Å². The standard InChI is InChI=1S/C20H19NO4/c1-2-25-17(22)12-15(13-8-4-3-5-9-13)18-19(23)14-10-6-7-11-16(14)21-20(18)24/h3-11,15H,2,12H2,1H3,(H2,21,23,24)/t15-/m0/s1. The summed E-state index contributed by atoms with van der Waals surface area (Å²) in [6.45, 7) is 2.00. The van der Waals surface area contributed by atoms with E-state index < -0.39 is 17.4 Å². The molecule has 0 aliphatic heterocycles. The number of hydrogen-bond donors (Lipinski definition) is 2. The average Bonchev–Trinajstić information content (AvgIpc) is 2.62. The van der Waals surface area contributed by atoms with Gasteiger partial charge < -0.3 is 14.8 Å². The van der Waals surface area contributed by atoms with Crippen molar-refractivity contribution in [3.63, 3.8) is 0 Å². The molecule has 128 valence electrons. The van der Waals surface area contributed by atoms with E-state index in [1.54, 1.807) is 31.2 Å². The lowest BCUT2D eigenvalue weighted by Gasteiger charge is -2.18. The summed E-state index contributed by atoms with van der Waals surface area (Å²) in [6.07, 6.45) is -0.0210. The summed E-state index contributed by atoms with van der Waals surface area (Å²) >= 11 is 0. The van der Waals surface area contributed by atoms with Crippen LogP contribution in [0.3, 0.4) is 0 Å². The van der Waals surface area contributed by atoms with E-state index in [1.807, 2.05) is 30.3 Å². The van der Waals surface area contributed by atoms with E-state index in [4.69, 9.17) is 4.74 Å². The van der Waals surface area contributed by atoms with Gasteiger partial charge >= 0.3 is 5.97 Å². The van der Waals surface area contributed by atoms with E-state index >= 15 is 0 Å². The zero-order chi connectivity index (χ0) is 17.8. The Bertz CT molecular complexity index is 947. The van der Waals surface area contributed by atoms with Gasteiger partial charge in [-0.2, -0.15) is 0 Å². The molecule has 1 atom stereocenters. The van der Waals surface area contributed by atoms with Crippen molar-refractivity contribution >= 4 is 16.9 Å². The Labute approximate surface area is 144 Å². The summed E-state index contributed by atoms with van der Waals surface area (Å²) in [4.78, 5) is 27.5. The van der Waals surface area contributed by atoms with Gasteiger partial charge in [-0.15, -0.1) is 0 Å². The summed E-state index contributed by atoms with van der Waals surface area (Å²) in [5, 5.41) is 11.3. The number of aromatic nitrogens is 1. The predicted octanol–water partition coefficient (Wildman–Crippen LogP) is 3.32. The Balaban J connectivity index is 2.17. The second-order valence-corrected chi connectivity index (χ2v) is 5.73. The summed E-state index contributed by atoms with van der Waals surface area (Å²) in [7, 11) is 0. The van der Waals surface area contributed by atoms with E-state index in [0.29, 0.717) is 10.9 Å². The van der Waals surface area contributed by atoms with Gasteiger partial charge in [-0.05, 0) is 24.6 Å². The second kappa shape index (κ2) is 7.21. The summed E-state index contributed by atoms with van der Waals surface area (Å²) in [5.41, 5.74) is 1.09. The third-order valence-electron chi connectivity index (χ3n) is 4.16. The predicted molar refractivity (Wildman–Crippen MR) is 95.8 cm³/mol. The highest BCUT2D eigenvalue weighted by Crippen LogP contribution is 2.35. The third kappa shape index (κ3) is 3.40. The van der Waals surface area contributed by atoms with Crippen molar-refractivity contribution in [2.75, 3.05) is 6.61 Å². The molecule has 0 amide bonds. The van der Waals surface area contributed by atoms with Crippen LogP contribution in [0.2, 0.25) is 0 Å². The van der Waals surface area contributed by atoms with Gasteiger partial charge in [-0.1, -0.05) is 42.5 Å². The fourth-order valence-corrected chi connectivity index (χ4v) is 3.02. The molecule has 1 heterocycles. The van der Waals surface area contributed by atoms with Crippen molar-refractivity contribution in [3.05, 3.63) is 76.1 Å². The second-order valence-electron chi connectivity index (χ2n) is 5.73. The molecular formula is C20H19NO4. The minimum atomic E-state index is -0.589. The lowest BCUT2D eigenvalue weighted by Crippen LogP contribution is -2.20. The van der Waals surface area contributed by atoms with Crippen LogP contribution in [0.25, 0.3) is 10.9 Å². The monoisotopic (exact) mass is 337 g/mol. The molecule has 0 spiro atoms. The van der Waals surface area contributed by atoms with Gasteiger partial charge in [0, 0.05) is 11.3 Å². The van der Waals surface area contributed by atoms with E-state index in [-0.39, 0.29) is 24.3 Å². The molecule has 0 aliphatic carbocycles. The molecule has 3 aromatic rings. The maximum Gasteiger partial charge on any atom is 0.306 e. The molecule has 5 nitrogen and oxygen atoms in total. The number of carbonyl (C=O) groups is 1.